The smallest absolute Gasteiger partial charge is 0.105 e. The van der Waals surface area contributed by atoms with Crippen LogP contribution in [0.25, 0.3) is 0 Å². The number of aryl methyl sites for hydroxylation is 1. The molecule has 0 unspecified atom stereocenters. The van der Waals surface area contributed by atoms with Crippen LogP contribution in [0.15, 0.2) is 36.7 Å². The Morgan fingerprint density at radius 3 is 2.89 bits per heavy atom. The highest BCUT2D eigenvalue weighted by Crippen LogP contribution is 2.14. The fourth-order valence-electron chi connectivity index (χ4n) is 1.95. The van der Waals surface area contributed by atoms with Crippen molar-refractivity contribution in [1.29, 1.82) is 0 Å². The number of hydrogen-bond acceptors (Lipinski definition) is 3. The number of aromatic nitrogens is 2. The molecule has 0 aliphatic carbocycles. The maximum Gasteiger partial charge on any atom is 0.105 e. The molecule has 0 amide bonds. The summed E-state index contributed by atoms with van der Waals surface area (Å²) in [6.45, 7) is 4.50. The Labute approximate surface area is 108 Å². The first-order chi connectivity index (χ1) is 8.70. The number of anilines is 1. The second kappa shape index (κ2) is 5.69. The van der Waals surface area contributed by atoms with Gasteiger partial charge in [-0.3, -0.25) is 0 Å². The van der Waals surface area contributed by atoms with Crippen molar-refractivity contribution in [3.63, 3.8) is 0 Å². The maximum absolute atomic E-state index is 5.66. The lowest BCUT2D eigenvalue weighted by molar-refractivity contribution is 0.664. The van der Waals surface area contributed by atoms with Gasteiger partial charge in [-0.05, 0) is 24.6 Å². The lowest BCUT2D eigenvalue weighted by Gasteiger charge is -2.20. The van der Waals surface area contributed by atoms with Gasteiger partial charge >= 0.3 is 0 Å². The Hall–Kier alpha value is -1.81. The molecule has 0 saturated carbocycles. The van der Waals surface area contributed by atoms with Crippen molar-refractivity contribution in [3.05, 3.63) is 48.0 Å². The number of nitrogens with zero attached hydrogens (tertiary/aromatic N) is 3. The minimum absolute atomic E-state index is 0.586. The van der Waals surface area contributed by atoms with Crippen molar-refractivity contribution < 1.29 is 0 Å². The third-order valence-corrected chi connectivity index (χ3v) is 3.19. The molecule has 4 heteroatoms. The van der Waals surface area contributed by atoms with Crippen LogP contribution in [-0.2, 0) is 13.1 Å². The molecule has 0 saturated heterocycles. The van der Waals surface area contributed by atoms with Crippen molar-refractivity contribution in [2.75, 3.05) is 18.5 Å². The van der Waals surface area contributed by atoms with E-state index in [1.807, 2.05) is 19.3 Å². The van der Waals surface area contributed by atoms with Gasteiger partial charge in [-0.15, -0.1) is 0 Å². The average molecular weight is 244 g/mol. The second-order valence-electron chi connectivity index (χ2n) is 4.46. The van der Waals surface area contributed by atoms with Crippen LogP contribution >= 0.6 is 0 Å². The Balaban J connectivity index is 1.99. The van der Waals surface area contributed by atoms with E-state index < -0.39 is 0 Å². The van der Waals surface area contributed by atoms with Gasteiger partial charge in [0.2, 0.25) is 0 Å². The number of imidazole rings is 1. The van der Waals surface area contributed by atoms with Gasteiger partial charge in [0.1, 0.15) is 5.82 Å². The lowest BCUT2D eigenvalue weighted by atomic mass is 10.2. The summed E-state index contributed by atoms with van der Waals surface area (Å²) in [6.07, 6.45) is 3.85. The average Bonchev–Trinajstić information content (AvgIpc) is 2.81. The summed E-state index contributed by atoms with van der Waals surface area (Å²) in [5.74, 6) is 1.05. The van der Waals surface area contributed by atoms with Gasteiger partial charge < -0.3 is 15.2 Å². The third-order valence-electron chi connectivity index (χ3n) is 3.19. The standard InChI is InChI=1S/C14H20N4/c1-12-16-6-7-18(12)9-8-17(2)14-5-3-4-13(10-14)11-15/h3-7,10H,8-9,11,15H2,1-2H3. The van der Waals surface area contributed by atoms with Crippen LogP contribution in [0.5, 0.6) is 0 Å². The summed E-state index contributed by atoms with van der Waals surface area (Å²) in [6, 6.07) is 8.36. The molecule has 0 bridgehead atoms. The molecule has 1 aromatic heterocycles. The monoisotopic (exact) mass is 244 g/mol. The van der Waals surface area contributed by atoms with E-state index in [1.54, 1.807) is 0 Å². The summed E-state index contributed by atoms with van der Waals surface area (Å²) >= 11 is 0. The molecular formula is C14H20N4. The van der Waals surface area contributed by atoms with E-state index in [9.17, 15) is 0 Å². The number of benzene rings is 1. The molecular weight excluding hydrogens is 224 g/mol. The topological polar surface area (TPSA) is 47.1 Å². The molecule has 1 heterocycles. The number of nitrogens with two attached hydrogens (primary N) is 1. The van der Waals surface area contributed by atoms with Gasteiger partial charge in [0, 0.05) is 44.8 Å². The number of likely N-dealkylation sites (N-methyl/N-ethyl adjacent to an activating group) is 1. The van der Waals surface area contributed by atoms with Gasteiger partial charge in [-0.2, -0.15) is 0 Å². The fourth-order valence-corrected chi connectivity index (χ4v) is 1.95. The van der Waals surface area contributed by atoms with E-state index in [0.717, 1.165) is 24.5 Å². The largest absolute Gasteiger partial charge is 0.373 e. The van der Waals surface area contributed by atoms with E-state index in [1.165, 1.54) is 5.69 Å². The van der Waals surface area contributed by atoms with Crippen LogP contribution in [0, 0.1) is 6.92 Å². The van der Waals surface area contributed by atoms with Crippen LogP contribution in [0.3, 0.4) is 0 Å². The minimum Gasteiger partial charge on any atom is -0.373 e. The zero-order valence-electron chi connectivity index (χ0n) is 11.0. The predicted octanol–water partition coefficient (Wildman–Crippen LogP) is 1.79. The highest BCUT2D eigenvalue weighted by Gasteiger charge is 2.03. The summed E-state index contributed by atoms with van der Waals surface area (Å²) in [7, 11) is 2.10. The van der Waals surface area contributed by atoms with E-state index in [4.69, 9.17) is 5.73 Å². The normalized spacial score (nSPS) is 10.6. The van der Waals surface area contributed by atoms with Crippen molar-refractivity contribution >= 4 is 5.69 Å². The van der Waals surface area contributed by atoms with Gasteiger partial charge in [-0.1, -0.05) is 12.1 Å². The van der Waals surface area contributed by atoms with Crippen LogP contribution in [0.2, 0.25) is 0 Å². The van der Waals surface area contributed by atoms with Crippen LogP contribution < -0.4 is 10.6 Å². The van der Waals surface area contributed by atoms with Gasteiger partial charge in [0.15, 0.2) is 0 Å². The van der Waals surface area contributed by atoms with Crippen LogP contribution in [-0.4, -0.2) is 23.1 Å². The van der Waals surface area contributed by atoms with E-state index in [0.29, 0.717) is 6.54 Å². The molecule has 0 spiro atoms. The van der Waals surface area contributed by atoms with Gasteiger partial charge in [0.25, 0.3) is 0 Å². The molecule has 0 fully saturated rings. The minimum atomic E-state index is 0.586. The second-order valence-corrected chi connectivity index (χ2v) is 4.46. The van der Waals surface area contributed by atoms with E-state index >= 15 is 0 Å². The molecule has 2 aromatic rings. The van der Waals surface area contributed by atoms with Crippen LogP contribution in [0.4, 0.5) is 5.69 Å². The molecule has 0 radical (unpaired) electrons. The Bertz CT molecular complexity index is 504. The molecule has 1 aromatic carbocycles. The fraction of sp³-hybridized carbons (Fsp3) is 0.357. The molecule has 96 valence electrons. The summed E-state index contributed by atoms with van der Waals surface area (Å²) in [4.78, 5) is 6.46. The highest BCUT2D eigenvalue weighted by molar-refractivity contribution is 5.47. The summed E-state index contributed by atoms with van der Waals surface area (Å²) < 4.78 is 2.16. The lowest BCUT2D eigenvalue weighted by Crippen LogP contribution is -2.23. The summed E-state index contributed by atoms with van der Waals surface area (Å²) in [5, 5.41) is 0. The first kappa shape index (κ1) is 12.6. The van der Waals surface area contributed by atoms with Crippen LogP contribution in [0.1, 0.15) is 11.4 Å². The third kappa shape index (κ3) is 2.90. The van der Waals surface area contributed by atoms with E-state index in [-0.39, 0.29) is 0 Å². The molecule has 4 nitrogen and oxygen atoms in total. The Morgan fingerprint density at radius 1 is 1.39 bits per heavy atom. The van der Waals surface area contributed by atoms with Gasteiger partial charge in [0.05, 0.1) is 0 Å². The molecule has 18 heavy (non-hydrogen) atoms. The van der Waals surface area contributed by atoms with Crippen molar-refractivity contribution in [1.82, 2.24) is 9.55 Å². The van der Waals surface area contributed by atoms with E-state index in [2.05, 4.69) is 45.8 Å². The summed E-state index contributed by atoms with van der Waals surface area (Å²) in [5.41, 5.74) is 8.03. The molecule has 0 aliphatic rings. The SMILES string of the molecule is Cc1nccn1CCN(C)c1cccc(CN)c1. The zero-order valence-corrected chi connectivity index (χ0v) is 11.0. The Morgan fingerprint density at radius 2 is 2.22 bits per heavy atom. The first-order valence-electron chi connectivity index (χ1n) is 6.18. The zero-order chi connectivity index (χ0) is 13.0. The molecule has 0 atom stereocenters. The Kier molecular flexibility index (Phi) is 3.99. The maximum atomic E-state index is 5.66. The van der Waals surface area contributed by atoms with Gasteiger partial charge in [-0.25, -0.2) is 4.98 Å². The molecule has 2 rings (SSSR count). The number of hydrogen-bond donors (Lipinski definition) is 1. The highest BCUT2D eigenvalue weighted by atomic mass is 15.1. The molecule has 0 aliphatic heterocycles. The number of rotatable bonds is 5. The van der Waals surface area contributed by atoms with Crippen molar-refractivity contribution in [2.24, 2.45) is 5.73 Å². The first-order valence-corrected chi connectivity index (χ1v) is 6.18. The molecule has 2 N–H and O–H groups in total. The quantitative estimate of drug-likeness (QED) is 0.872. The van der Waals surface area contributed by atoms with Crippen molar-refractivity contribution in [3.8, 4) is 0 Å². The predicted molar refractivity (Wildman–Crippen MR) is 74.6 cm³/mol. The van der Waals surface area contributed by atoms with Crippen molar-refractivity contribution in [2.45, 2.75) is 20.0 Å².